The van der Waals surface area contributed by atoms with Crippen molar-refractivity contribution in [3.05, 3.63) is 65.5 Å². The summed E-state index contributed by atoms with van der Waals surface area (Å²) in [6.45, 7) is 6.34. The van der Waals surface area contributed by atoms with Crippen molar-refractivity contribution in [3.63, 3.8) is 0 Å². The number of nitrogens with zero attached hydrogens (tertiary/aromatic N) is 3. The van der Waals surface area contributed by atoms with Crippen LogP contribution in [-0.4, -0.2) is 21.6 Å². The molecule has 0 aliphatic carbocycles. The number of hydrogen-bond acceptors (Lipinski definition) is 4. The van der Waals surface area contributed by atoms with Crippen molar-refractivity contribution in [2.24, 2.45) is 5.73 Å². The van der Waals surface area contributed by atoms with Gasteiger partial charge >= 0.3 is 0 Å². The zero-order chi connectivity index (χ0) is 19.8. The predicted octanol–water partition coefficient (Wildman–Crippen LogP) is 4.39. The van der Waals surface area contributed by atoms with E-state index in [1.54, 1.807) is 0 Å². The Bertz CT molecular complexity index is 871. The second kappa shape index (κ2) is 10.0. The maximum Gasteiger partial charge on any atom is 0.119 e. The minimum Gasteiger partial charge on any atom is -0.494 e. The van der Waals surface area contributed by atoms with Crippen LogP contribution in [0, 0.1) is 0 Å². The molecule has 0 amide bonds. The molecule has 0 bridgehead atoms. The number of benzene rings is 2. The van der Waals surface area contributed by atoms with Crippen LogP contribution in [0.15, 0.2) is 48.7 Å². The lowest BCUT2D eigenvalue weighted by Crippen LogP contribution is -2.03. The first-order valence-electron chi connectivity index (χ1n) is 10.2. The van der Waals surface area contributed by atoms with Gasteiger partial charge in [-0.05, 0) is 60.1 Å². The molecule has 1 aromatic heterocycles. The van der Waals surface area contributed by atoms with Gasteiger partial charge < -0.3 is 10.5 Å². The van der Waals surface area contributed by atoms with Crippen molar-refractivity contribution in [2.45, 2.75) is 52.6 Å². The van der Waals surface area contributed by atoms with E-state index >= 15 is 0 Å². The van der Waals surface area contributed by atoms with Gasteiger partial charge in [-0.1, -0.05) is 49.4 Å². The summed E-state index contributed by atoms with van der Waals surface area (Å²) in [7, 11) is 0. The van der Waals surface area contributed by atoms with E-state index in [0.29, 0.717) is 13.2 Å². The van der Waals surface area contributed by atoms with E-state index in [1.165, 1.54) is 22.3 Å². The average Bonchev–Trinajstić information content (AvgIpc) is 3.21. The van der Waals surface area contributed by atoms with Gasteiger partial charge in [0.25, 0.3) is 0 Å². The van der Waals surface area contributed by atoms with Crippen LogP contribution < -0.4 is 10.5 Å². The molecule has 1 heterocycles. The normalized spacial score (nSPS) is 11.0. The molecular formula is C23H30N4O. The lowest BCUT2D eigenvalue weighted by molar-refractivity contribution is 0.301. The molecule has 3 aromatic rings. The fourth-order valence-corrected chi connectivity index (χ4v) is 3.26. The van der Waals surface area contributed by atoms with Gasteiger partial charge in [0.05, 0.1) is 12.3 Å². The number of ether oxygens (including phenoxy) is 1. The second-order valence-electron chi connectivity index (χ2n) is 6.96. The van der Waals surface area contributed by atoms with Crippen molar-refractivity contribution >= 4 is 0 Å². The van der Waals surface area contributed by atoms with Gasteiger partial charge in [-0.2, -0.15) is 0 Å². The monoisotopic (exact) mass is 378 g/mol. The molecule has 28 heavy (non-hydrogen) atoms. The molecular weight excluding hydrogens is 348 g/mol. The average molecular weight is 379 g/mol. The molecule has 0 unspecified atom stereocenters. The highest BCUT2D eigenvalue weighted by Crippen LogP contribution is 2.28. The Hall–Kier alpha value is -2.66. The van der Waals surface area contributed by atoms with Gasteiger partial charge in [0.1, 0.15) is 5.75 Å². The molecule has 0 spiro atoms. The van der Waals surface area contributed by atoms with Gasteiger partial charge in [0.15, 0.2) is 0 Å². The Balaban J connectivity index is 1.53. The van der Waals surface area contributed by atoms with E-state index in [4.69, 9.17) is 10.5 Å². The van der Waals surface area contributed by atoms with E-state index in [9.17, 15) is 0 Å². The summed E-state index contributed by atoms with van der Waals surface area (Å²) in [5.41, 5.74) is 11.6. The number of aromatic nitrogens is 3. The standard InChI is InChI=1S/C23H30N4O/c1-3-18-7-9-20(10-8-18)23-12-11-22(15-19(23)4-2)28-14-6-5-13-27-17-21(16-24)25-26-27/h7-12,15,17H,3-6,13-14,16,24H2,1-2H3. The van der Waals surface area contributed by atoms with Crippen molar-refractivity contribution in [1.29, 1.82) is 0 Å². The Morgan fingerprint density at radius 2 is 1.82 bits per heavy atom. The fourth-order valence-electron chi connectivity index (χ4n) is 3.26. The molecule has 0 aliphatic heterocycles. The third-order valence-electron chi connectivity index (χ3n) is 4.98. The summed E-state index contributed by atoms with van der Waals surface area (Å²) < 4.78 is 7.82. The summed E-state index contributed by atoms with van der Waals surface area (Å²) >= 11 is 0. The molecule has 148 valence electrons. The van der Waals surface area contributed by atoms with Crippen LogP contribution >= 0.6 is 0 Å². The number of nitrogens with two attached hydrogens (primary N) is 1. The summed E-state index contributed by atoms with van der Waals surface area (Å²) in [5, 5.41) is 8.06. The van der Waals surface area contributed by atoms with Crippen LogP contribution in [-0.2, 0) is 25.9 Å². The van der Waals surface area contributed by atoms with E-state index in [2.05, 4.69) is 66.6 Å². The van der Waals surface area contributed by atoms with E-state index in [0.717, 1.165) is 43.7 Å². The van der Waals surface area contributed by atoms with Gasteiger partial charge in [0.2, 0.25) is 0 Å². The zero-order valence-electron chi connectivity index (χ0n) is 16.9. The van der Waals surface area contributed by atoms with E-state index < -0.39 is 0 Å². The second-order valence-corrected chi connectivity index (χ2v) is 6.96. The minimum atomic E-state index is 0.432. The SMILES string of the molecule is CCc1ccc(-c2ccc(OCCCCn3cc(CN)nn3)cc2CC)cc1. The molecule has 2 N–H and O–H groups in total. The molecule has 0 saturated heterocycles. The Kier molecular flexibility index (Phi) is 7.20. The van der Waals surface area contributed by atoms with Gasteiger partial charge in [-0.3, -0.25) is 4.68 Å². The fraction of sp³-hybridized carbons (Fsp3) is 0.391. The van der Waals surface area contributed by atoms with Crippen molar-refractivity contribution in [2.75, 3.05) is 6.61 Å². The summed E-state index contributed by atoms with van der Waals surface area (Å²) in [6.07, 6.45) is 5.92. The first-order valence-corrected chi connectivity index (χ1v) is 10.2. The topological polar surface area (TPSA) is 66.0 Å². The molecule has 0 saturated carbocycles. The van der Waals surface area contributed by atoms with Crippen molar-refractivity contribution in [3.8, 4) is 16.9 Å². The Labute approximate surface area is 167 Å². The van der Waals surface area contributed by atoms with Crippen molar-refractivity contribution < 1.29 is 4.74 Å². The highest BCUT2D eigenvalue weighted by atomic mass is 16.5. The number of rotatable bonds is 10. The summed E-state index contributed by atoms with van der Waals surface area (Å²) in [6, 6.07) is 15.3. The summed E-state index contributed by atoms with van der Waals surface area (Å²) in [5.74, 6) is 0.942. The molecule has 0 fully saturated rings. The molecule has 5 nitrogen and oxygen atoms in total. The Morgan fingerprint density at radius 3 is 2.50 bits per heavy atom. The van der Waals surface area contributed by atoms with E-state index in [-0.39, 0.29) is 0 Å². The lowest BCUT2D eigenvalue weighted by atomic mass is 9.96. The van der Waals surface area contributed by atoms with Gasteiger partial charge in [0, 0.05) is 19.3 Å². The highest BCUT2D eigenvalue weighted by molar-refractivity contribution is 5.68. The van der Waals surface area contributed by atoms with Crippen LogP contribution in [0.5, 0.6) is 5.75 Å². The number of hydrogen-bond donors (Lipinski definition) is 1. The van der Waals surface area contributed by atoms with Crippen LogP contribution in [0.1, 0.15) is 43.5 Å². The van der Waals surface area contributed by atoms with Gasteiger partial charge in [-0.15, -0.1) is 5.10 Å². The maximum atomic E-state index is 5.97. The third kappa shape index (κ3) is 5.20. The van der Waals surface area contributed by atoms with Crippen molar-refractivity contribution in [1.82, 2.24) is 15.0 Å². The van der Waals surface area contributed by atoms with Crippen LogP contribution in [0.3, 0.4) is 0 Å². The first kappa shape index (κ1) is 20.1. The molecule has 0 aliphatic rings. The summed E-state index contributed by atoms with van der Waals surface area (Å²) in [4.78, 5) is 0. The first-order chi connectivity index (χ1) is 13.7. The molecule has 0 atom stereocenters. The van der Waals surface area contributed by atoms with Crippen LogP contribution in [0.2, 0.25) is 0 Å². The molecule has 5 heteroatoms. The number of unbranched alkanes of at least 4 members (excludes halogenated alkanes) is 1. The lowest BCUT2D eigenvalue weighted by Gasteiger charge is -2.12. The Morgan fingerprint density at radius 1 is 1.00 bits per heavy atom. The zero-order valence-corrected chi connectivity index (χ0v) is 16.9. The van der Waals surface area contributed by atoms with Crippen LogP contribution in [0.25, 0.3) is 11.1 Å². The largest absolute Gasteiger partial charge is 0.494 e. The maximum absolute atomic E-state index is 5.97. The van der Waals surface area contributed by atoms with Crippen LogP contribution in [0.4, 0.5) is 0 Å². The minimum absolute atomic E-state index is 0.432. The predicted molar refractivity (Wildman–Crippen MR) is 113 cm³/mol. The third-order valence-corrected chi connectivity index (χ3v) is 4.98. The molecule has 0 radical (unpaired) electrons. The highest BCUT2D eigenvalue weighted by Gasteiger charge is 2.06. The van der Waals surface area contributed by atoms with E-state index in [1.807, 2.05) is 10.9 Å². The quantitative estimate of drug-likeness (QED) is 0.532. The number of aryl methyl sites for hydroxylation is 3. The van der Waals surface area contributed by atoms with Gasteiger partial charge in [-0.25, -0.2) is 0 Å². The smallest absolute Gasteiger partial charge is 0.119 e. The molecule has 2 aromatic carbocycles. The molecule has 3 rings (SSSR count).